The van der Waals surface area contributed by atoms with Gasteiger partial charge in [-0.3, -0.25) is 9.89 Å². The first-order chi connectivity index (χ1) is 8.61. The third-order valence-electron chi connectivity index (χ3n) is 2.27. The SMILES string of the molecule is CCc1nc(C(=O)Nc2cccc(Cl)c2F)n[nH]1. The van der Waals surface area contributed by atoms with Gasteiger partial charge in [0.15, 0.2) is 5.82 Å². The number of amides is 1. The van der Waals surface area contributed by atoms with Crippen LogP contribution in [-0.2, 0) is 6.42 Å². The van der Waals surface area contributed by atoms with Gasteiger partial charge in [0.1, 0.15) is 5.82 Å². The predicted octanol–water partition coefficient (Wildman–Crippen LogP) is 2.41. The van der Waals surface area contributed by atoms with Gasteiger partial charge in [0, 0.05) is 6.42 Å². The molecule has 0 unspecified atom stereocenters. The number of hydrogen-bond donors (Lipinski definition) is 2. The summed E-state index contributed by atoms with van der Waals surface area (Å²) in [5.74, 6) is -0.719. The second-order valence-corrected chi connectivity index (χ2v) is 3.92. The topological polar surface area (TPSA) is 70.7 Å². The summed E-state index contributed by atoms with van der Waals surface area (Å²) in [7, 11) is 0. The lowest BCUT2D eigenvalue weighted by Crippen LogP contribution is -2.15. The smallest absolute Gasteiger partial charge is 0.295 e. The van der Waals surface area contributed by atoms with Crippen LogP contribution in [-0.4, -0.2) is 21.1 Å². The number of H-pyrrole nitrogens is 1. The summed E-state index contributed by atoms with van der Waals surface area (Å²) in [6.45, 7) is 1.87. The molecule has 0 radical (unpaired) electrons. The van der Waals surface area contributed by atoms with E-state index in [1.807, 2.05) is 6.92 Å². The van der Waals surface area contributed by atoms with Crippen molar-refractivity contribution in [1.82, 2.24) is 15.2 Å². The van der Waals surface area contributed by atoms with E-state index in [1.54, 1.807) is 0 Å². The van der Waals surface area contributed by atoms with Gasteiger partial charge in [0.25, 0.3) is 5.91 Å². The molecule has 2 rings (SSSR count). The maximum absolute atomic E-state index is 13.6. The fourth-order valence-electron chi connectivity index (χ4n) is 1.33. The summed E-state index contributed by atoms with van der Waals surface area (Å²) in [6, 6.07) is 4.34. The third kappa shape index (κ3) is 2.48. The molecule has 0 aliphatic rings. The fourth-order valence-corrected chi connectivity index (χ4v) is 1.51. The van der Waals surface area contributed by atoms with Crippen molar-refractivity contribution in [3.63, 3.8) is 0 Å². The summed E-state index contributed by atoms with van der Waals surface area (Å²) in [6.07, 6.45) is 0.631. The number of benzene rings is 1. The Morgan fingerprint density at radius 3 is 3.00 bits per heavy atom. The van der Waals surface area contributed by atoms with Crippen LogP contribution in [0.1, 0.15) is 23.4 Å². The predicted molar refractivity (Wildman–Crippen MR) is 65.1 cm³/mol. The lowest BCUT2D eigenvalue weighted by molar-refractivity contribution is 0.101. The number of aromatic amines is 1. The minimum atomic E-state index is -0.682. The molecule has 2 aromatic rings. The maximum atomic E-state index is 13.6. The standard InChI is InChI=1S/C11H10ClFN4O/c1-2-8-15-10(17-16-8)11(18)14-7-5-3-4-6(12)9(7)13/h3-5H,2H2,1H3,(H,14,18)(H,15,16,17). The molecule has 2 N–H and O–H groups in total. The van der Waals surface area contributed by atoms with E-state index in [2.05, 4.69) is 20.5 Å². The lowest BCUT2D eigenvalue weighted by atomic mass is 10.3. The van der Waals surface area contributed by atoms with Gasteiger partial charge in [-0.15, -0.1) is 5.10 Å². The van der Waals surface area contributed by atoms with Crippen LogP contribution in [0.25, 0.3) is 0 Å². The van der Waals surface area contributed by atoms with Crippen molar-refractivity contribution in [2.45, 2.75) is 13.3 Å². The van der Waals surface area contributed by atoms with E-state index in [0.717, 1.165) is 0 Å². The van der Waals surface area contributed by atoms with Crippen LogP contribution in [0.4, 0.5) is 10.1 Å². The second-order valence-electron chi connectivity index (χ2n) is 3.51. The lowest BCUT2D eigenvalue weighted by Gasteiger charge is -2.04. The summed E-state index contributed by atoms with van der Waals surface area (Å²) >= 11 is 5.61. The minimum Gasteiger partial charge on any atom is -0.317 e. The highest BCUT2D eigenvalue weighted by Gasteiger charge is 2.15. The monoisotopic (exact) mass is 268 g/mol. The van der Waals surface area contributed by atoms with Crippen molar-refractivity contribution in [3.05, 3.63) is 40.7 Å². The van der Waals surface area contributed by atoms with Gasteiger partial charge in [0.05, 0.1) is 10.7 Å². The van der Waals surface area contributed by atoms with Crippen LogP contribution in [0.3, 0.4) is 0 Å². The van der Waals surface area contributed by atoms with Crippen molar-refractivity contribution in [1.29, 1.82) is 0 Å². The van der Waals surface area contributed by atoms with Crippen LogP contribution in [0.15, 0.2) is 18.2 Å². The number of nitrogens with one attached hydrogen (secondary N) is 2. The number of hydrogen-bond acceptors (Lipinski definition) is 3. The normalized spacial score (nSPS) is 10.4. The molecular formula is C11H10ClFN4O. The van der Waals surface area contributed by atoms with Crippen LogP contribution >= 0.6 is 11.6 Å². The van der Waals surface area contributed by atoms with Gasteiger partial charge in [-0.05, 0) is 12.1 Å². The van der Waals surface area contributed by atoms with Gasteiger partial charge in [-0.25, -0.2) is 9.37 Å². The highest BCUT2D eigenvalue weighted by atomic mass is 35.5. The Hall–Kier alpha value is -1.95. The zero-order chi connectivity index (χ0) is 13.1. The van der Waals surface area contributed by atoms with Crippen molar-refractivity contribution >= 4 is 23.2 Å². The molecule has 1 amide bonds. The van der Waals surface area contributed by atoms with Crippen LogP contribution in [0, 0.1) is 5.82 Å². The van der Waals surface area contributed by atoms with E-state index in [1.165, 1.54) is 18.2 Å². The largest absolute Gasteiger partial charge is 0.317 e. The Balaban J connectivity index is 2.18. The van der Waals surface area contributed by atoms with E-state index in [-0.39, 0.29) is 16.5 Å². The van der Waals surface area contributed by atoms with Gasteiger partial charge >= 0.3 is 0 Å². The highest BCUT2D eigenvalue weighted by Crippen LogP contribution is 2.22. The molecule has 18 heavy (non-hydrogen) atoms. The summed E-state index contributed by atoms with van der Waals surface area (Å²) in [4.78, 5) is 15.7. The Kier molecular flexibility index (Phi) is 3.57. The minimum absolute atomic E-state index is 0.00431. The van der Waals surface area contributed by atoms with Gasteiger partial charge in [-0.2, -0.15) is 0 Å². The molecule has 0 saturated carbocycles. The summed E-state index contributed by atoms with van der Waals surface area (Å²) < 4.78 is 13.6. The average molecular weight is 269 g/mol. The second kappa shape index (κ2) is 5.14. The maximum Gasteiger partial charge on any atom is 0.295 e. The first-order valence-electron chi connectivity index (χ1n) is 5.28. The zero-order valence-electron chi connectivity index (χ0n) is 9.50. The molecule has 0 aliphatic heterocycles. The molecule has 1 aromatic carbocycles. The fraction of sp³-hybridized carbons (Fsp3) is 0.182. The Bertz CT molecular complexity index is 584. The van der Waals surface area contributed by atoms with Crippen LogP contribution in [0.2, 0.25) is 5.02 Å². The van der Waals surface area contributed by atoms with Crippen LogP contribution in [0.5, 0.6) is 0 Å². The number of carbonyl (C=O) groups excluding carboxylic acids is 1. The number of aryl methyl sites for hydroxylation is 1. The molecule has 0 bridgehead atoms. The molecule has 0 aliphatic carbocycles. The van der Waals surface area contributed by atoms with Crippen molar-refractivity contribution in [3.8, 4) is 0 Å². The van der Waals surface area contributed by atoms with Gasteiger partial charge in [-0.1, -0.05) is 24.6 Å². The summed E-state index contributed by atoms with van der Waals surface area (Å²) in [5.41, 5.74) is -0.00431. The summed E-state index contributed by atoms with van der Waals surface area (Å²) in [5, 5.41) is 8.64. The zero-order valence-corrected chi connectivity index (χ0v) is 10.3. The third-order valence-corrected chi connectivity index (χ3v) is 2.56. The number of aromatic nitrogens is 3. The first kappa shape index (κ1) is 12.5. The Labute approximate surface area is 107 Å². The molecule has 94 valence electrons. The Morgan fingerprint density at radius 1 is 1.56 bits per heavy atom. The molecule has 7 heteroatoms. The molecule has 0 fully saturated rings. The van der Waals surface area contributed by atoms with Gasteiger partial charge in [0.2, 0.25) is 5.82 Å². The van der Waals surface area contributed by atoms with E-state index in [0.29, 0.717) is 12.2 Å². The average Bonchev–Trinajstić information content (AvgIpc) is 2.83. The molecule has 0 atom stereocenters. The number of anilines is 1. The highest BCUT2D eigenvalue weighted by molar-refractivity contribution is 6.31. The van der Waals surface area contributed by atoms with Crippen LogP contribution < -0.4 is 5.32 Å². The molecule has 0 spiro atoms. The van der Waals surface area contributed by atoms with Crippen molar-refractivity contribution in [2.24, 2.45) is 0 Å². The number of nitrogens with zero attached hydrogens (tertiary/aromatic N) is 2. The van der Waals surface area contributed by atoms with E-state index < -0.39 is 11.7 Å². The first-order valence-corrected chi connectivity index (χ1v) is 5.66. The Morgan fingerprint density at radius 2 is 2.33 bits per heavy atom. The molecule has 1 heterocycles. The van der Waals surface area contributed by atoms with E-state index in [9.17, 15) is 9.18 Å². The number of carbonyl (C=O) groups is 1. The van der Waals surface area contributed by atoms with Gasteiger partial charge < -0.3 is 5.32 Å². The van der Waals surface area contributed by atoms with E-state index >= 15 is 0 Å². The molecule has 5 nitrogen and oxygen atoms in total. The van der Waals surface area contributed by atoms with Crippen molar-refractivity contribution in [2.75, 3.05) is 5.32 Å². The van der Waals surface area contributed by atoms with E-state index in [4.69, 9.17) is 11.6 Å². The molecule has 0 saturated heterocycles. The number of rotatable bonds is 3. The quantitative estimate of drug-likeness (QED) is 0.898. The molecule has 1 aromatic heterocycles. The molecular weight excluding hydrogens is 259 g/mol. The van der Waals surface area contributed by atoms with Crippen molar-refractivity contribution < 1.29 is 9.18 Å². The number of halogens is 2.